The third-order valence-electron chi connectivity index (χ3n) is 20.8. The molecule has 0 bridgehead atoms. The van der Waals surface area contributed by atoms with Crippen LogP contribution in [0.5, 0.6) is 0 Å². The number of amides is 1. The zero-order chi connectivity index (χ0) is 68.7. The Labute approximate surface area is 559 Å². The number of carbonyl (C=O) groups excluding carboxylic acids is 1. The molecular weight excluding hydrogens is 1130 g/mol. The number of piperidine rings is 5. The molecule has 1 aromatic rings. The van der Waals surface area contributed by atoms with Gasteiger partial charge >= 0.3 is 0 Å². The molecule has 7 heterocycles. The Bertz CT molecular complexity index is 2150. The van der Waals surface area contributed by atoms with Crippen molar-refractivity contribution in [2.45, 2.75) is 235 Å². The summed E-state index contributed by atoms with van der Waals surface area (Å²) in [4.78, 5) is 31.7. The lowest BCUT2D eigenvalue weighted by molar-refractivity contribution is -0.130. The number of likely N-dealkylation sites (tertiary alicyclic amines) is 5. The monoisotopic (exact) mass is 1280 g/mol. The van der Waals surface area contributed by atoms with Gasteiger partial charge in [-0.15, -0.1) is 0 Å². The third-order valence-corrected chi connectivity index (χ3v) is 21.8. The molecule has 6 aliphatic rings. The molecule has 528 valence electrons. The van der Waals surface area contributed by atoms with E-state index in [-0.39, 0.29) is 5.91 Å². The summed E-state index contributed by atoms with van der Waals surface area (Å²) in [5, 5.41) is 17.3. The Hall–Kier alpha value is -2.22. The lowest BCUT2D eigenvalue weighted by Gasteiger charge is -2.38. The van der Waals surface area contributed by atoms with E-state index in [1.165, 1.54) is 167 Å². The fourth-order valence-corrected chi connectivity index (χ4v) is 14.0. The molecule has 1 N–H and O–H groups in total. The minimum absolute atomic E-state index is 0.229. The summed E-state index contributed by atoms with van der Waals surface area (Å²) in [5.74, 6) is 6.23. The van der Waals surface area contributed by atoms with Crippen LogP contribution < -0.4 is 0 Å². The van der Waals surface area contributed by atoms with E-state index in [0.717, 1.165) is 74.8 Å². The topological polar surface area (TPSA) is 131 Å². The number of nitriles is 1. The van der Waals surface area contributed by atoms with Gasteiger partial charge in [0.1, 0.15) is 9.84 Å². The van der Waals surface area contributed by atoms with Crippen molar-refractivity contribution in [3.63, 3.8) is 0 Å². The van der Waals surface area contributed by atoms with Gasteiger partial charge in [-0.1, -0.05) is 138 Å². The molecule has 0 unspecified atom stereocenters. The van der Waals surface area contributed by atoms with E-state index in [4.69, 9.17) is 10.4 Å². The van der Waals surface area contributed by atoms with Gasteiger partial charge in [-0.2, -0.15) is 5.26 Å². The normalized spacial score (nSPS) is 20.3. The largest absolute Gasteiger partial charge is 0.395 e. The first-order valence-electron chi connectivity index (χ1n) is 36.2. The van der Waals surface area contributed by atoms with Gasteiger partial charge in [0.05, 0.1) is 18.4 Å². The second kappa shape index (κ2) is 42.4. The van der Waals surface area contributed by atoms with Gasteiger partial charge in [-0.25, -0.2) is 8.42 Å². The van der Waals surface area contributed by atoms with Crippen molar-refractivity contribution in [1.29, 1.82) is 5.26 Å². The van der Waals surface area contributed by atoms with Crippen molar-refractivity contribution in [2.75, 3.05) is 150 Å². The predicted octanol–water partition coefficient (Wildman–Crippen LogP) is 15.0. The highest BCUT2D eigenvalue weighted by Crippen LogP contribution is 2.37. The van der Waals surface area contributed by atoms with Crippen LogP contribution in [0.15, 0.2) is 18.5 Å². The van der Waals surface area contributed by atoms with Crippen LogP contribution in [-0.2, 0) is 14.6 Å². The van der Waals surface area contributed by atoms with Gasteiger partial charge in [-0.3, -0.25) is 9.78 Å². The van der Waals surface area contributed by atoms with Crippen LogP contribution in [0, 0.1) is 80.8 Å². The predicted molar refractivity (Wildman–Crippen MR) is 388 cm³/mol. The molecule has 14 heteroatoms. The molecule has 7 rings (SSSR count). The number of aliphatic hydroxyl groups is 1. The number of pyridine rings is 1. The van der Waals surface area contributed by atoms with Crippen LogP contribution in [0.4, 0.5) is 0 Å². The quantitative estimate of drug-likeness (QED) is 0.214. The maximum atomic E-state index is 11.1. The molecule has 0 atom stereocenters. The number of sulfone groups is 1. The Morgan fingerprint density at radius 2 is 0.967 bits per heavy atom. The second-order valence-corrected chi connectivity index (χ2v) is 36.5. The van der Waals surface area contributed by atoms with E-state index in [1.54, 1.807) is 6.92 Å². The number of likely N-dealkylation sites (N-methyl/N-ethyl adjacent to an activating group) is 1. The number of hydrogen-bond acceptors (Lipinski definition) is 12. The molecule has 0 aromatic carbocycles. The molecule has 6 fully saturated rings. The van der Waals surface area contributed by atoms with Crippen LogP contribution in [0.2, 0.25) is 0 Å². The number of nitrogens with zero attached hydrogens (tertiary/aromatic N) is 9. The number of piperazine rings is 1. The van der Waals surface area contributed by atoms with Crippen LogP contribution >= 0.6 is 0 Å². The van der Waals surface area contributed by atoms with Gasteiger partial charge < -0.3 is 39.4 Å². The highest BCUT2D eigenvalue weighted by molar-refractivity contribution is 7.90. The van der Waals surface area contributed by atoms with Crippen LogP contribution in [0.3, 0.4) is 0 Å². The Morgan fingerprint density at radius 3 is 1.30 bits per heavy atom. The summed E-state index contributed by atoms with van der Waals surface area (Å²) >= 11 is 0. The number of hydrogen-bond donors (Lipinski definition) is 1. The minimum atomic E-state index is -2.81. The summed E-state index contributed by atoms with van der Waals surface area (Å²) in [6.07, 6.45) is 19.9. The van der Waals surface area contributed by atoms with E-state index >= 15 is 0 Å². The Morgan fingerprint density at radius 1 is 0.589 bits per heavy atom. The van der Waals surface area contributed by atoms with Crippen molar-refractivity contribution in [3.05, 3.63) is 29.6 Å². The zero-order valence-electron chi connectivity index (χ0n) is 63.7. The van der Waals surface area contributed by atoms with E-state index in [9.17, 15) is 13.2 Å². The fraction of sp³-hybridized carbons (Fsp3) is 0.908. The number of aromatic nitrogens is 1. The van der Waals surface area contributed by atoms with Crippen molar-refractivity contribution >= 4 is 15.7 Å². The molecular formula is C76H149N9O4S. The van der Waals surface area contributed by atoms with E-state index in [2.05, 4.69) is 199 Å². The van der Waals surface area contributed by atoms with Crippen molar-refractivity contribution < 1.29 is 18.3 Å². The van der Waals surface area contributed by atoms with Gasteiger partial charge in [-0.05, 0) is 236 Å². The van der Waals surface area contributed by atoms with Crippen molar-refractivity contribution in [3.8, 4) is 6.07 Å². The molecule has 0 aliphatic carbocycles. The van der Waals surface area contributed by atoms with Crippen LogP contribution in [-0.4, -0.2) is 209 Å². The Kier molecular flexibility index (Phi) is 40.4. The minimum Gasteiger partial charge on any atom is -0.395 e. The maximum Gasteiger partial charge on any atom is 0.219 e. The van der Waals surface area contributed by atoms with E-state index in [1.807, 2.05) is 17.3 Å². The number of carbonyl (C=O) groups is 1. The molecule has 90 heavy (non-hydrogen) atoms. The van der Waals surface area contributed by atoms with E-state index in [0.29, 0.717) is 58.3 Å². The van der Waals surface area contributed by atoms with Gasteiger partial charge in [0.25, 0.3) is 0 Å². The smallest absolute Gasteiger partial charge is 0.219 e. The SMILES string of the molecule is CC(=O)N1CCC(C(C)(C)C)CC1.CC(C)(C)C1CCN(CCO)CC1.CC(C)(C)C1CCN(CCS(C)(=O)=O)CC1.CC(C)C1CCN(CCC#N)CC1.CCN1CCN(CCC(C)(C)C)CC1.CN1CCC(C(C)(C)C)CC1.Cc1ccncc1C(C)C. The summed E-state index contributed by atoms with van der Waals surface area (Å²) < 4.78 is 22.1. The van der Waals surface area contributed by atoms with Crippen LogP contribution in [0.25, 0.3) is 0 Å². The van der Waals surface area contributed by atoms with Crippen molar-refractivity contribution in [2.24, 2.45) is 62.6 Å². The summed E-state index contributed by atoms with van der Waals surface area (Å²) in [7, 11) is -0.586. The second-order valence-electron chi connectivity index (χ2n) is 34.2. The standard InChI is InChI=1S/C12H26N2.C12H25NO2S.C11H20N2.C11H21NO.C11H23NO.C10H21N.C9H13N/c1-5-13-8-10-14(11-9-13)7-6-12(2,3)4;1-12(2,3)11-5-7-13(8-6-11)9-10-16(4,14)15;1-10(2)11-4-8-13(9-5-11)7-3-6-12;1-9(13)12-7-5-10(6-8-12)11(2,3)4;1-11(2,3)10-4-6-12(7-5-10)8-9-13;1-10(2,3)9-5-7-11(4)8-6-9;1-7(2)9-6-10-5-4-8(9)3/h5-11H2,1-4H3;11H,5-10H2,1-4H3;10-11H,3-5,7-9H2,1-2H3;10H,5-8H2,1-4H3;10,13H,4-9H2,1-3H3;9H,5-8H2,1-4H3;4-7H,1-3H3. The summed E-state index contributed by atoms with van der Waals surface area (Å²) in [6.45, 7) is 71.6. The first kappa shape index (κ1) is 85.8. The number of aryl methyl sites for hydroxylation is 1. The molecule has 6 aliphatic heterocycles. The molecule has 0 saturated carbocycles. The lowest BCUT2D eigenvalue weighted by Crippen LogP contribution is -2.46. The van der Waals surface area contributed by atoms with Gasteiger partial charge in [0.15, 0.2) is 0 Å². The summed E-state index contributed by atoms with van der Waals surface area (Å²) in [6, 6.07) is 4.26. The average Bonchev–Trinajstić information content (AvgIpc) is 3.61. The first-order chi connectivity index (χ1) is 41.6. The molecule has 1 aromatic heterocycles. The van der Waals surface area contributed by atoms with Crippen molar-refractivity contribution in [1.82, 2.24) is 39.3 Å². The molecule has 0 radical (unpaired) electrons. The fourth-order valence-electron chi connectivity index (χ4n) is 13.4. The number of rotatable bonds is 12. The van der Waals surface area contributed by atoms with Gasteiger partial charge in [0, 0.05) is 90.9 Å². The molecule has 6 saturated heterocycles. The zero-order valence-corrected chi connectivity index (χ0v) is 64.5. The number of β-amino-alcohol motifs (C(OH)–C–C–N with tert-alkyl or cyclic N) is 1. The van der Waals surface area contributed by atoms with Gasteiger partial charge in [0.2, 0.25) is 5.91 Å². The van der Waals surface area contributed by atoms with E-state index < -0.39 is 9.84 Å². The maximum absolute atomic E-state index is 11.1. The lowest BCUT2D eigenvalue weighted by atomic mass is 9.75. The highest BCUT2D eigenvalue weighted by Gasteiger charge is 2.32. The molecule has 1 amide bonds. The first-order valence-corrected chi connectivity index (χ1v) is 38.3. The Balaban J connectivity index is 0.000000527. The summed E-state index contributed by atoms with van der Waals surface area (Å²) in [5.41, 5.74) is 4.97. The number of aliphatic hydroxyl groups excluding tert-OH is 1. The highest BCUT2D eigenvalue weighted by atomic mass is 32.2. The molecule has 13 nitrogen and oxygen atoms in total. The third kappa shape index (κ3) is 39.0. The van der Waals surface area contributed by atoms with Crippen LogP contribution in [0.1, 0.15) is 239 Å². The molecule has 0 spiro atoms. The average molecular weight is 1290 g/mol.